The Morgan fingerprint density at radius 3 is 2.66 bits per heavy atom. The van der Waals surface area contributed by atoms with Crippen LogP contribution in [0.5, 0.6) is 0 Å². The van der Waals surface area contributed by atoms with Crippen LogP contribution in [0.2, 0.25) is 0 Å². The van der Waals surface area contributed by atoms with E-state index in [2.05, 4.69) is 23.3 Å². The second-order valence-corrected chi connectivity index (χ2v) is 8.74. The third kappa shape index (κ3) is 3.69. The average Bonchev–Trinajstić information content (AvgIpc) is 3.04. The van der Waals surface area contributed by atoms with E-state index in [0.717, 1.165) is 30.5 Å². The maximum atomic E-state index is 12.8. The number of nitrogens with two attached hydrogens (primary N) is 1. The van der Waals surface area contributed by atoms with Crippen LogP contribution < -0.4 is 11.1 Å². The largest absolute Gasteiger partial charge is 0.329 e. The molecule has 7 heteroatoms. The lowest BCUT2D eigenvalue weighted by Crippen LogP contribution is -2.52. The second kappa shape index (κ2) is 7.88. The molecule has 3 aliphatic rings. The summed E-state index contributed by atoms with van der Waals surface area (Å²) in [6.07, 6.45) is 6.65. The normalized spacial score (nSPS) is 24.0. The topological polar surface area (TPSA) is 95.7 Å². The quantitative estimate of drug-likeness (QED) is 0.734. The van der Waals surface area contributed by atoms with E-state index < -0.39 is 6.04 Å². The summed E-state index contributed by atoms with van der Waals surface area (Å²) in [4.78, 5) is 40.4. The summed E-state index contributed by atoms with van der Waals surface area (Å²) in [5, 5.41) is 2.35. The molecule has 4 rings (SSSR count). The van der Waals surface area contributed by atoms with Crippen molar-refractivity contribution < 1.29 is 14.4 Å². The monoisotopic (exact) mass is 398 g/mol. The molecule has 0 radical (unpaired) electrons. The first-order chi connectivity index (χ1) is 13.9. The first-order valence-electron chi connectivity index (χ1n) is 10.6. The van der Waals surface area contributed by atoms with Gasteiger partial charge in [-0.15, -0.1) is 0 Å². The molecule has 29 heavy (non-hydrogen) atoms. The first-order valence-corrected chi connectivity index (χ1v) is 10.6. The Morgan fingerprint density at radius 2 is 1.97 bits per heavy atom. The lowest BCUT2D eigenvalue weighted by Gasteiger charge is -2.44. The van der Waals surface area contributed by atoms with Crippen molar-refractivity contribution >= 4 is 17.7 Å². The van der Waals surface area contributed by atoms with Crippen molar-refractivity contribution in [2.45, 2.75) is 69.6 Å². The van der Waals surface area contributed by atoms with Crippen LogP contribution in [0.1, 0.15) is 66.4 Å². The zero-order valence-corrected chi connectivity index (χ0v) is 17.1. The number of nitrogens with zero attached hydrogens (tertiary/aromatic N) is 2. The maximum Gasteiger partial charge on any atom is 0.255 e. The van der Waals surface area contributed by atoms with E-state index in [1.807, 2.05) is 12.1 Å². The lowest BCUT2D eigenvalue weighted by molar-refractivity contribution is -0.136. The molecule has 1 aromatic rings. The number of hydrogen-bond acceptors (Lipinski definition) is 5. The fourth-order valence-electron chi connectivity index (χ4n) is 5.12. The highest BCUT2D eigenvalue weighted by Crippen LogP contribution is 2.34. The summed E-state index contributed by atoms with van der Waals surface area (Å²) in [7, 11) is 2.15. The van der Waals surface area contributed by atoms with E-state index in [4.69, 9.17) is 5.73 Å². The van der Waals surface area contributed by atoms with Gasteiger partial charge >= 0.3 is 0 Å². The maximum absolute atomic E-state index is 12.8. The third-order valence-corrected chi connectivity index (χ3v) is 6.98. The van der Waals surface area contributed by atoms with E-state index in [1.54, 1.807) is 4.90 Å². The Balaban J connectivity index is 1.49. The van der Waals surface area contributed by atoms with Gasteiger partial charge in [-0.25, -0.2) is 0 Å². The molecule has 2 fully saturated rings. The molecule has 7 nitrogen and oxygen atoms in total. The molecule has 156 valence electrons. The van der Waals surface area contributed by atoms with E-state index in [-0.39, 0.29) is 29.7 Å². The number of imide groups is 1. The zero-order chi connectivity index (χ0) is 20.6. The van der Waals surface area contributed by atoms with Gasteiger partial charge in [0.1, 0.15) is 6.04 Å². The third-order valence-electron chi connectivity index (χ3n) is 6.98. The number of piperidine rings is 1. The molecule has 3 amide bonds. The molecule has 3 N–H and O–H groups in total. The van der Waals surface area contributed by atoms with Crippen molar-refractivity contribution in [3.63, 3.8) is 0 Å². The van der Waals surface area contributed by atoms with Gasteiger partial charge in [0.25, 0.3) is 5.91 Å². The van der Waals surface area contributed by atoms with Gasteiger partial charge < -0.3 is 10.6 Å². The van der Waals surface area contributed by atoms with E-state index in [1.165, 1.54) is 19.3 Å². The van der Waals surface area contributed by atoms with Crippen LogP contribution in [-0.2, 0) is 22.7 Å². The summed E-state index contributed by atoms with van der Waals surface area (Å²) in [6.45, 7) is 1.87. The number of likely N-dealkylation sites (N-methyl/N-ethyl adjacent to an activating group) is 1. The number of carbonyl (C=O) groups is 3. The molecular formula is C22H30N4O3. The minimum atomic E-state index is -0.568. The highest BCUT2D eigenvalue weighted by Gasteiger charge is 2.39. The highest BCUT2D eigenvalue weighted by molar-refractivity contribution is 6.05. The van der Waals surface area contributed by atoms with Crippen molar-refractivity contribution in [2.75, 3.05) is 13.6 Å². The minimum absolute atomic E-state index is 0.0614. The van der Waals surface area contributed by atoms with Crippen LogP contribution in [0.3, 0.4) is 0 Å². The Bertz CT molecular complexity index is 831. The van der Waals surface area contributed by atoms with Gasteiger partial charge in [0.15, 0.2) is 0 Å². The van der Waals surface area contributed by atoms with Crippen LogP contribution in [0, 0.1) is 0 Å². The molecule has 0 bridgehead atoms. The molecular weight excluding hydrogens is 368 g/mol. The fourth-order valence-corrected chi connectivity index (χ4v) is 5.12. The second-order valence-electron chi connectivity index (χ2n) is 8.74. The predicted molar refractivity (Wildman–Crippen MR) is 109 cm³/mol. The number of carbonyl (C=O) groups excluding carboxylic acids is 3. The summed E-state index contributed by atoms with van der Waals surface area (Å²) in [5.74, 6) is -0.762. The predicted octanol–water partition coefficient (Wildman–Crippen LogP) is 1.54. The molecule has 1 aromatic carbocycles. The fraction of sp³-hybridized carbons (Fsp3) is 0.591. The zero-order valence-electron chi connectivity index (χ0n) is 17.1. The Labute approximate surface area is 171 Å². The first kappa shape index (κ1) is 20.0. The molecule has 1 unspecified atom stereocenters. The molecule has 0 aromatic heterocycles. The van der Waals surface area contributed by atoms with Gasteiger partial charge in [-0.05, 0) is 43.5 Å². The van der Waals surface area contributed by atoms with Crippen molar-refractivity contribution in [1.29, 1.82) is 0 Å². The van der Waals surface area contributed by atoms with Crippen LogP contribution in [0.25, 0.3) is 0 Å². The van der Waals surface area contributed by atoms with Crippen molar-refractivity contribution in [3.05, 3.63) is 34.9 Å². The number of fused-ring (bicyclic) bond motifs is 1. The van der Waals surface area contributed by atoms with Crippen molar-refractivity contribution in [1.82, 2.24) is 15.1 Å². The molecule has 0 spiro atoms. The van der Waals surface area contributed by atoms with Gasteiger partial charge in [0.2, 0.25) is 11.8 Å². The summed E-state index contributed by atoms with van der Waals surface area (Å²) >= 11 is 0. The van der Waals surface area contributed by atoms with E-state index >= 15 is 0 Å². The van der Waals surface area contributed by atoms with Crippen LogP contribution in [-0.4, -0.2) is 52.7 Å². The van der Waals surface area contributed by atoms with Crippen molar-refractivity contribution in [3.8, 4) is 0 Å². The Morgan fingerprint density at radius 1 is 1.21 bits per heavy atom. The summed E-state index contributed by atoms with van der Waals surface area (Å²) in [5.41, 5.74) is 9.00. The molecule has 1 saturated carbocycles. The Hall–Kier alpha value is -2.25. The lowest BCUT2D eigenvalue weighted by atomic mass is 9.80. The van der Waals surface area contributed by atoms with Gasteiger partial charge in [-0.2, -0.15) is 0 Å². The Kier molecular flexibility index (Phi) is 5.44. The number of rotatable bonds is 5. The van der Waals surface area contributed by atoms with Crippen LogP contribution in [0.4, 0.5) is 0 Å². The van der Waals surface area contributed by atoms with Gasteiger partial charge in [0.05, 0.1) is 0 Å². The minimum Gasteiger partial charge on any atom is -0.329 e. The summed E-state index contributed by atoms with van der Waals surface area (Å²) in [6, 6.07) is 5.40. The van der Waals surface area contributed by atoms with Crippen LogP contribution in [0.15, 0.2) is 18.2 Å². The smallest absolute Gasteiger partial charge is 0.255 e. The molecule has 1 saturated heterocycles. The van der Waals surface area contributed by atoms with Crippen molar-refractivity contribution in [2.24, 2.45) is 5.73 Å². The molecule has 1 aliphatic carbocycles. The standard InChI is InChI=1S/C22H30N4O3/c1-25(22(14-23)9-3-2-4-10-22)12-15-5-6-17-16(11-15)13-26(21(17)29)18-7-8-19(27)24-20(18)28/h5-6,11,18H,2-4,7-10,12-14,23H2,1H3,(H,24,27,28). The molecule has 2 heterocycles. The average molecular weight is 399 g/mol. The van der Waals surface area contributed by atoms with Gasteiger partial charge in [-0.1, -0.05) is 31.4 Å². The number of benzene rings is 1. The number of nitrogens with one attached hydrogen (secondary N) is 1. The van der Waals surface area contributed by atoms with Gasteiger partial charge in [-0.3, -0.25) is 24.6 Å². The van der Waals surface area contributed by atoms with E-state index in [9.17, 15) is 14.4 Å². The SMILES string of the molecule is CN(Cc1ccc2c(c1)CN(C1CCC(=O)NC1=O)C2=O)C1(CN)CCCCC1. The molecule has 2 aliphatic heterocycles. The van der Waals surface area contributed by atoms with Crippen LogP contribution >= 0.6 is 0 Å². The number of amides is 3. The van der Waals surface area contributed by atoms with E-state index in [0.29, 0.717) is 25.1 Å². The number of hydrogen-bond donors (Lipinski definition) is 2. The highest BCUT2D eigenvalue weighted by atomic mass is 16.2. The molecule has 1 atom stereocenters. The van der Waals surface area contributed by atoms with Gasteiger partial charge in [0, 0.05) is 37.2 Å². The summed E-state index contributed by atoms with van der Waals surface area (Å²) < 4.78 is 0.